The molecule has 0 atom stereocenters. The van der Waals surface area contributed by atoms with Gasteiger partial charge >= 0.3 is 0 Å². The summed E-state index contributed by atoms with van der Waals surface area (Å²) in [5, 5.41) is 8.79. The fourth-order valence-corrected chi connectivity index (χ4v) is 3.01. The molecular weight excluding hydrogens is 319 g/mol. The van der Waals surface area contributed by atoms with E-state index in [0.29, 0.717) is 11.3 Å². The van der Waals surface area contributed by atoms with Crippen LogP contribution in [0.4, 0.5) is 10.1 Å². The van der Waals surface area contributed by atoms with E-state index in [9.17, 15) is 12.8 Å². The molecule has 112 valence electrons. The van der Waals surface area contributed by atoms with Gasteiger partial charge < -0.3 is 5.11 Å². The highest BCUT2D eigenvalue weighted by Gasteiger charge is 2.19. The molecule has 0 amide bonds. The van der Waals surface area contributed by atoms with Gasteiger partial charge in [-0.1, -0.05) is 11.6 Å². The maximum Gasteiger partial charge on any atom is 0.262 e. The van der Waals surface area contributed by atoms with Gasteiger partial charge in [0.25, 0.3) is 10.0 Å². The molecule has 0 saturated heterocycles. The number of hydrogen-bond acceptors (Lipinski definition) is 4. The van der Waals surface area contributed by atoms with Crippen LogP contribution in [0.1, 0.15) is 11.1 Å². The molecule has 8 heteroatoms. The Morgan fingerprint density at radius 2 is 2.14 bits per heavy atom. The van der Waals surface area contributed by atoms with Crippen molar-refractivity contribution in [3.05, 3.63) is 52.6 Å². The third-order valence-electron chi connectivity index (χ3n) is 2.84. The van der Waals surface area contributed by atoms with Crippen molar-refractivity contribution >= 4 is 27.3 Å². The Morgan fingerprint density at radius 1 is 1.43 bits per heavy atom. The quantitative estimate of drug-likeness (QED) is 0.902. The molecule has 2 N–H and O–H groups in total. The zero-order valence-corrected chi connectivity index (χ0v) is 12.5. The number of pyridine rings is 1. The summed E-state index contributed by atoms with van der Waals surface area (Å²) in [6.07, 6.45) is 2.88. The summed E-state index contributed by atoms with van der Waals surface area (Å²) in [5.74, 6) is -0.911. The first kappa shape index (κ1) is 15.7. The Hall–Kier alpha value is -1.70. The zero-order valence-electron chi connectivity index (χ0n) is 11.0. The van der Waals surface area contributed by atoms with Crippen molar-refractivity contribution in [1.82, 2.24) is 4.98 Å². The average molecular weight is 331 g/mol. The van der Waals surface area contributed by atoms with E-state index >= 15 is 0 Å². The maximum atomic E-state index is 13.6. The number of benzene rings is 1. The molecular formula is C13H12ClFN2O3S. The number of aliphatic hydroxyl groups is 1. The first-order chi connectivity index (χ1) is 9.85. The van der Waals surface area contributed by atoms with Crippen LogP contribution in [0.5, 0.6) is 0 Å². The van der Waals surface area contributed by atoms with Gasteiger partial charge in [-0.2, -0.15) is 0 Å². The summed E-state index contributed by atoms with van der Waals surface area (Å²) in [4.78, 5) is 3.50. The van der Waals surface area contributed by atoms with E-state index in [1.165, 1.54) is 12.4 Å². The van der Waals surface area contributed by atoms with Crippen molar-refractivity contribution in [2.45, 2.75) is 18.4 Å². The molecule has 0 fully saturated rings. The number of anilines is 1. The van der Waals surface area contributed by atoms with Gasteiger partial charge in [-0.05, 0) is 30.7 Å². The summed E-state index contributed by atoms with van der Waals surface area (Å²) in [6, 6.07) is 3.56. The largest absolute Gasteiger partial charge is 0.392 e. The fraction of sp³-hybridized carbons (Fsp3) is 0.154. The molecule has 1 heterocycles. The molecule has 0 aliphatic heterocycles. The number of nitrogens with one attached hydrogen (secondary N) is 1. The molecule has 21 heavy (non-hydrogen) atoms. The van der Waals surface area contributed by atoms with Gasteiger partial charge in [0.2, 0.25) is 0 Å². The number of hydrogen-bond donors (Lipinski definition) is 2. The van der Waals surface area contributed by atoms with Gasteiger partial charge in [-0.25, -0.2) is 12.8 Å². The van der Waals surface area contributed by atoms with Crippen LogP contribution < -0.4 is 4.72 Å². The molecule has 2 aromatic rings. The number of nitrogens with zero attached hydrogens (tertiary/aromatic N) is 1. The lowest BCUT2D eigenvalue weighted by atomic mass is 10.2. The standard InChI is InChI=1S/C13H12ClFN2O3S/c1-8-2-3-16-6-12(8)17-21(19,20)10-4-9(7-18)13(14)11(15)5-10/h2-6,17-18H,7H2,1H3. The van der Waals surface area contributed by atoms with Gasteiger partial charge in [0.1, 0.15) is 5.82 Å². The van der Waals surface area contributed by atoms with E-state index in [1.54, 1.807) is 13.0 Å². The third kappa shape index (κ3) is 3.31. The highest BCUT2D eigenvalue weighted by Crippen LogP contribution is 2.26. The number of aryl methyl sites for hydroxylation is 1. The lowest BCUT2D eigenvalue weighted by Crippen LogP contribution is -2.14. The first-order valence-electron chi connectivity index (χ1n) is 5.87. The minimum absolute atomic E-state index is 0.0000460. The topological polar surface area (TPSA) is 79.3 Å². The van der Waals surface area contributed by atoms with Crippen LogP contribution in [-0.4, -0.2) is 18.5 Å². The second kappa shape index (κ2) is 5.97. The molecule has 1 aromatic heterocycles. The number of sulfonamides is 1. The van der Waals surface area contributed by atoms with E-state index in [0.717, 1.165) is 12.1 Å². The number of aromatic nitrogens is 1. The third-order valence-corrected chi connectivity index (χ3v) is 4.61. The van der Waals surface area contributed by atoms with Gasteiger partial charge in [-0.3, -0.25) is 9.71 Å². The Balaban J connectivity index is 2.45. The van der Waals surface area contributed by atoms with Gasteiger partial charge in [0, 0.05) is 11.8 Å². The van der Waals surface area contributed by atoms with Crippen molar-refractivity contribution in [2.24, 2.45) is 0 Å². The van der Waals surface area contributed by atoms with Crippen molar-refractivity contribution in [2.75, 3.05) is 4.72 Å². The summed E-state index contributed by atoms with van der Waals surface area (Å²) < 4.78 is 40.5. The predicted octanol–water partition coefficient (Wildman–Crippen LogP) is 2.48. The Kier molecular flexibility index (Phi) is 4.46. The number of rotatable bonds is 4. The van der Waals surface area contributed by atoms with Crippen LogP contribution >= 0.6 is 11.6 Å². The Bertz CT molecular complexity index is 781. The lowest BCUT2D eigenvalue weighted by Gasteiger charge is -2.11. The van der Waals surface area contributed by atoms with E-state index in [1.807, 2.05) is 0 Å². The molecule has 0 spiro atoms. The Labute approximate surface area is 126 Å². The van der Waals surface area contributed by atoms with Crippen molar-refractivity contribution in [3.8, 4) is 0 Å². The van der Waals surface area contributed by atoms with Crippen molar-refractivity contribution < 1.29 is 17.9 Å². The summed E-state index contributed by atoms with van der Waals surface area (Å²) in [7, 11) is -4.01. The van der Waals surface area contributed by atoms with E-state index in [2.05, 4.69) is 9.71 Å². The van der Waals surface area contributed by atoms with Crippen LogP contribution in [0.3, 0.4) is 0 Å². The second-order valence-corrected chi connectivity index (χ2v) is 6.39. The van der Waals surface area contributed by atoms with Crippen LogP contribution in [-0.2, 0) is 16.6 Å². The van der Waals surface area contributed by atoms with E-state index in [-0.39, 0.29) is 15.5 Å². The predicted molar refractivity (Wildman–Crippen MR) is 77.1 cm³/mol. The minimum Gasteiger partial charge on any atom is -0.392 e. The van der Waals surface area contributed by atoms with Crippen molar-refractivity contribution in [1.29, 1.82) is 0 Å². The lowest BCUT2D eigenvalue weighted by molar-refractivity contribution is 0.281. The van der Waals surface area contributed by atoms with Crippen LogP contribution in [0.15, 0.2) is 35.5 Å². The molecule has 5 nitrogen and oxygen atoms in total. The second-order valence-electron chi connectivity index (χ2n) is 4.33. The van der Waals surface area contributed by atoms with Crippen LogP contribution in [0.2, 0.25) is 5.02 Å². The van der Waals surface area contributed by atoms with Crippen LogP contribution in [0, 0.1) is 12.7 Å². The molecule has 2 rings (SSSR count). The summed E-state index contributed by atoms with van der Waals surface area (Å²) >= 11 is 5.64. The van der Waals surface area contributed by atoms with E-state index < -0.39 is 22.4 Å². The fourth-order valence-electron chi connectivity index (χ4n) is 1.66. The molecule has 0 aliphatic carbocycles. The highest BCUT2D eigenvalue weighted by atomic mass is 35.5. The molecule has 0 bridgehead atoms. The summed E-state index contributed by atoms with van der Waals surface area (Å²) in [6.45, 7) is 1.15. The normalized spacial score (nSPS) is 11.4. The van der Waals surface area contributed by atoms with E-state index in [4.69, 9.17) is 16.7 Å². The number of halogens is 2. The molecule has 1 aromatic carbocycles. The zero-order chi connectivity index (χ0) is 15.6. The Morgan fingerprint density at radius 3 is 2.76 bits per heavy atom. The van der Waals surface area contributed by atoms with Gasteiger partial charge in [0.05, 0.1) is 28.4 Å². The monoisotopic (exact) mass is 330 g/mol. The SMILES string of the molecule is Cc1ccncc1NS(=O)(=O)c1cc(F)c(Cl)c(CO)c1. The number of aliphatic hydroxyl groups excluding tert-OH is 1. The molecule has 0 radical (unpaired) electrons. The smallest absolute Gasteiger partial charge is 0.262 e. The molecule has 0 saturated carbocycles. The van der Waals surface area contributed by atoms with Crippen molar-refractivity contribution in [3.63, 3.8) is 0 Å². The first-order valence-corrected chi connectivity index (χ1v) is 7.73. The van der Waals surface area contributed by atoms with Gasteiger partial charge in [0.15, 0.2) is 0 Å². The highest BCUT2D eigenvalue weighted by molar-refractivity contribution is 7.92. The average Bonchev–Trinajstić information content (AvgIpc) is 2.44. The molecule has 0 aliphatic rings. The minimum atomic E-state index is -4.01. The van der Waals surface area contributed by atoms with Crippen LogP contribution in [0.25, 0.3) is 0 Å². The maximum absolute atomic E-state index is 13.6. The molecule has 0 unspecified atom stereocenters. The van der Waals surface area contributed by atoms with Gasteiger partial charge in [-0.15, -0.1) is 0 Å². The summed E-state index contributed by atoms with van der Waals surface area (Å²) in [5.41, 5.74) is 0.962.